The number of piperazine rings is 1. The number of H-pyrrole nitrogens is 1. The summed E-state index contributed by atoms with van der Waals surface area (Å²) < 4.78 is 5.39. The highest BCUT2D eigenvalue weighted by atomic mass is 16.5. The fraction of sp³-hybridized carbons (Fsp3) is 0.316. The highest BCUT2D eigenvalue weighted by molar-refractivity contribution is 5.90. The summed E-state index contributed by atoms with van der Waals surface area (Å²) in [5.74, 6) is 1.40. The number of rotatable bonds is 3. The van der Waals surface area contributed by atoms with Crippen molar-refractivity contribution in [2.45, 2.75) is 0 Å². The Hall–Kier alpha value is -2.93. The van der Waals surface area contributed by atoms with Crippen LogP contribution in [0.3, 0.4) is 0 Å². The summed E-state index contributed by atoms with van der Waals surface area (Å²) in [6.07, 6.45) is 3.51. The van der Waals surface area contributed by atoms with Gasteiger partial charge in [0.2, 0.25) is 5.95 Å². The van der Waals surface area contributed by atoms with E-state index in [0.29, 0.717) is 16.8 Å². The molecule has 0 atom stereocenters. The first-order valence-corrected chi connectivity index (χ1v) is 8.61. The number of methoxy groups -OCH3 is 1. The van der Waals surface area contributed by atoms with Crippen LogP contribution in [0.1, 0.15) is 0 Å². The minimum absolute atomic E-state index is 0.153. The number of pyridine rings is 1. The summed E-state index contributed by atoms with van der Waals surface area (Å²) in [6.45, 7) is 3.84. The van der Waals surface area contributed by atoms with Crippen molar-refractivity contribution in [3.63, 3.8) is 0 Å². The number of benzene rings is 1. The Morgan fingerprint density at radius 2 is 1.81 bits per heavy atom. The van der Waals surface area contributed by atoms with Gasteiger partial charge < -0.3 is 19.5 Å². The lowest BCUT2D eigenvalue weighted by Crippen LogP contribution is -2.45. The fourth-order valence-corrected chi connectivity index (χ4v) is 3.22. The number of nitrogens with zero attached hydrogens (tertiary/aromatic N) is 4. The zero-order valence-corrected chi connectivity index (χ0v) is 14.9. The smallest absolute Gasteiger partial charge is 0.256 e. The van der Waals surface area contributed by atoms with Crippen LogP contribution < -0.4 is 15.2 Å². The van der Waals surface area contributed by atoms with E-state index in [1.165, 1.54) is 0 Å². The maximum absolute atomic E-state index is 12.4. The maximum Gasteiger partial charge on any atom is 0.256 e. The van der Waals surface area contributed by atoms with Crippen LogP contribution in [0.15, 0.2) is 41.5 Å². The van der Waals surface area contributed by atoms with Crippen molar-refractivity contribution >= 4 is 16.7 Å². The largest absolute Gasteiger partial charge is 0.496 e. The summed E-state index contributed by atoms with van der Waals surface area (Å²) in [5, 5.41) is 1.37. The van der Waals surface area contributed by atoms with Crippen LogP contribution in [0.5, 0.6) is 5.75 Å². The molecule has 1 fully saturated rings. The molecule has 0 spiro atoms. The number of hydrogen-bond acceptors (Lipinski definition) is 6. The molecule has 1 saturated heterocycles. The van der Waals surface area contributed by atoms with Crippen molar-refractivity contribution in [1.82, 2.24) is 19.9 Å². The van der Waals surface area contributed by atoms with Gasteiger partial charge in [-0.15, -0.1) is 0 Å². The highest BCUT2D eigenvalue weighted by Crippen LogP contribution is 2.26. The Bertz CT molecular complexity index is 975. The summed E-state index contributed by atoms with van der Waals surface area (Å²) in [7, 11) is 3.72. The standard InChI is InChI=1S/C19H21N5O2/c1-23-6-8-24(9-7-23)19-20-11-13(12-21-19)16-10-15-14(18(25)22-16)4-3-5-17(15)26-2/h3-5,10-12H,6-9H2,1-2H3,(H,22,25). The fourth-order valence-electron chi connectivity index (χ4n) is 3.22. The van der Waals surface area contributed by atoms with Crippen LogP contribution in [0.25, 0.3) is 22.0 Å². The van der Waals surface area contributed by atoms with Crippen molar-refractivity contribution in [1.29, 1.82) is 0 Å². The molecule has 0 aliphatic carbocycles. The van der Waals surface area contributed by atoms with E-state index in [-0.39, 0.29) is 5.56 Å². The van der Waals surface area contributed by atoms with E-state index < -0.39 is 0 Å². The lowest BCUT2D eigenvalue weighted by Gasteiger charge is -2.32. The third kappa shape index (κ3) is 3.01. The second-order valence-electron chi connectivity index (χ2n) is 6.50. The predicted octanol–water partition coefficient (Wildman–Crippen LogP) is 1.75. The van der Waals surface area contributed by atoms with Crippen LogP contribution in [0, 0.1) is 0 Å². The Morgan fingerprint density at radius 3 is 2.50 bits per heavy atom. The molecular formula is C19H21N5O2. The number of fused-ring (bicyclic) bond motifs is 1. The Kier molecular flexibility index (Phi) is 4.30. The third-order valence-electron chi connectivity index (χ3n) is 4.80. The Balaban J connectivity index is 1.68. The zero-order chi connectivity index (χ0) is 18.1. The predicted molar refractivity (Wildman–Crippen MR) is 102 cm³/mol. The van der Waals surface area contributed by atoms with Gasteiger partial charge in [-0.2, -0.15) is 0 Å². The molecular weight excluding hydrogens is 330 g/mol. The number of anilines is 1. The summed E-state index contributed by atoms with van der Waals surface area (Å²) in [5.41, 5.74) is 1.30. The van der Waals surface area contributed by atoms with E-state index in [0.717, 1.165) is 43.1 Å². The first-order chi connectivity index (χ1) is 12.7. The molecule has 26 heavy (non-hydrogen) atoms. The minimum atomic E-state index is -0.153. The van der Waals surface area contributed by atoms with Crippen molar-refractivity contribution in [3.05, 3.63) is 47.0 Å². The van der Waals surface area contributed by atoms with Gasteiger partial charge in [0.1, 0.15) is 5.75 Å². The van der Waals surface area contributed by atoms with E-state index in [1.54, 1.807) is 25.6 Å². The molecule has 0 amide bonds. The van der Waals surface area contributed by atoms with Gasteiger partial charge in [-0.1, -0.05) is 6.07 Å². The monoisotopic (exact) mass is 351 g/mol. The summed E-state index contributed by atoms with van der Waals surface area (Å²) >= 11 is 0. The average Bonchev–Trinajstić information content (AvgIpc) is 2.68. The van der Waals surface area contributed by atoms with Crippen LogP contribution in [-0.2, 0) is 0 Å². The van der Waals surface area contributed by atoms with E-state index in [4.69, 9.17) is 4.74 Å². The lowest BCUT2D eigenvalue weighted by atomic mass is 10.1. The van der Waals surface area contributed by atoms with Gasteiger partial charge >= 0.3 is 0 Å². The zero-order valence-electron chi connectivity index (χ0n) is 14.9. The minimum Gasteiger partial charge on any atom is -0.496 e. The molecule has 7 heteroatoms. The third-order valence-corrected chi connectivity index (χ3v) is 4.80. The Labute approximate surface area is 151 Å². The van der Waals surface area contributed by atoms with Gasteiger partial charge in [0.05, 0.1) is 18.2 Å². The van der Waals surface area contributed by atoms with E-state index in [1.807, 2.05) is 18.2 Å². The van der Waals surface area contributed by atoms with Crippen LogP contribution in [-0.4, -0.2) is 60.2 Å². The van der Waals surface area contributed by atoms with Gasteiger partial charge in [0, 0.05) is 49.5 Å². The second-order valence-corrected chi connectivity index (χ2v) is 6.50. The molecule has 2 aromatic heterocycles. The van der Waals surface area contributed by atoms with Crippen LogP contribution in [0.2, 0.25) is 0 Å². The molecule has 1 aliphatic rings. The number of hydrogen-bond donors (Lipinski definition) is 1. The topological polar surface area (TPSA) is 74.4 Å². The molecule has 0 unspecified atom stereocenters. The molecule has 1 aliphatic heterocycles. The Morgan fingerprint density at radius 1 is 1.08 bits per heavy atom. The molecule has 1 aromatic carbocycles. The van der Waals surface area contributed by atoms with Crippen molar-refractivity contribution < 1.29 is 4.74 Å². The van der Waals surface area contributed by atoms with Gasteiger partial charge in [-0.3, -0.25) is 4.79 Å². The normalized spacial score (nSPS) is 15.4. The van der Waals surface area contributed by atoms with E-state index in [9.17, 15) is 4.79 Å². The van der Waals surface area contributed by atoms with Gasteiger partial charge in [-0.25, -0.2) is 9.97 Å². The highest BCUT2D eigenvalue weighted by Gasteiger charge is 2.16. The lowest BCUT2D eigenvalue weighted by molar-refractivity contribution is 0.311. The average molecular weight is 351 g/mol. The van der Waals surface area contributed by atoms with Crippen molar-refractivity contribution in [2.75, 3.05) is 45.2 Å². The quantitative estimate of drug-likeness (QED) is 0.775. The molecule has 3 heterocycles. The first kappa shape index (κ1) is 16.5. The molecule has 0 radical (unpaired) electrons. The molecule has 1 N–H and O–H groups in total. The van der Waals surface area contributed by atoms with Gasteiger partial charge in [0.15, 0.2) is 0 Å². The number of likely N-dealkylation sites (N-methyl/N-ethyl adjacent to an activating group) is 1. The second kappa shape index (κ2) is 6.76. The van der Waals surface area contributed by atoms with E-state index >= 15 is 0 Å². The SMILES string of the molecule is COc1cccc2c(=O)[nH]c(-c3cnc(N4CCN(C)CC4)nc3)cc12. The van der Waals surface area contributed by atoms with Crippen molar-refractivity contribution in [2.24, 2.45) is 0 Å². The van der Waals surface area contributed by atoms with Gasteiger partial charge in [-0.05, 0) is 25.2 Å². The molecule has 134 valence electrons. The maximum atomic E-state index is 12.4. The van der Waals surface area contributed by atoms with E-state index in [2.05, 4.69) is 31.8 Å². The van der Waals surface area contributed by atoms with Crippen molar-refractivity contribution in [3.8, 4) is 17.0 Å². The van der Waals surface area contributed by atoms with Gasteiger partial charge in [0.25, 0.3) is 5.56 Å². The number of nitrogens with one attached hydrogen (secondary N) is 1. The molecule has 7 nitrogen and oxygen atoms in total. The number of aromatic amines is 1. The number of ether oxygens (including phenoxy) is 1. The number of aromatic nitrogens is 3. The molecule has 0 bridgehead atoms. The van der Waals surface area contributed by atoms with Crippen LogP contribution in [0.4, 0.5) is 5.95 Å². The summed E-state index contributed by atoms with van der Waals surface area (Å²) in [6, 6.07) is 7.35. The molecule has 0 saturated carbocycles. The molecule has 4 rings (SSSR count). The first-order valence-electron chi connectivity index (χ1n) is 8.61. The van der Waals surface area contributed by atoms with Crippen LogP contribution >= 0.6 is 0 Å². The molecule has 3 aromatic rings. The summed E-state index contributed by atoms with van der Waals surface area (Å²) in [4.78, 5) is 28.8.